The molecule has 1 amide bonds. The Morgan fingerprint density at radius 1 is 1.06 bits per heavy atom. The molecule has 2 heterocycles. The minimum Gasteiger partial charge on any atom is -0.422 e. The van der Waals surface area contributed by atoms with Crippen molar-refractivity contribution in [3.05, 3.63) is 75.0 Å². The Balaban J connectivity index is 1.44. The highest BCUT2D eigenvalue weighted by Gasteiger charge is 2.16. The number of benzene rings is 2. The van der Waals surface area contributed by atoms with E-state index in [1.807, 2.05) is 19.1 Å². The van der Waals surface area contributed by atoms with Crippen LogP contribution in [0, 0.1) is 13.8 Å². The monoisotopic (exact) mass is 434 g/mol. The number of hydrogen-bond donors (Lipinski definition) is 1. The second-order valence-electron chi connectivity index (χ2n) is 7.77. The molecule has 0 saturated heterocycles. The van der Waals surface area contributed by atoms with Gasteiger partial charge in [0.15, 0.2) is 0 Å². The summed E-state index contributed by atoms with van der Waals surface area (Å²) in [6.45, 7) is 8.57. The number of carbonyl (C=O) groups excluding carboxylic acids is 1. The number of nitrogens with zero attached hydrogens (tertiary/aromatic N) is 1. The maximum absolute atomic E-state index is 12.7. The molecule has 31 heavy (non-hydrogen) atoms. The van der Waals surface area contributed by atoms with E-state index in [1.165, 1.54) is 22.6 Å². The molecule has 0 fully saturated rings. The zero-order valence-electron chi connectivity index (χ0n) is 18.0. The molecule has 0 aliphatic carbocycles. The van der Waals surface area contributed by atoms with E-state index in [9.17, 15) is 9.59 Å². The Morgan fingerprint density at radius 3 is 2.65 bits per heavy atom. The van der Waals surface area contributed by atoms with Crippen molar-refractivity contribution in [2.45, 2.75) is 27.2 Å². The van der Waals surface area contributed by atoms with Crippen LogP contribution in [0.3, 0.4) is 0 Å². The first-order chi connectivity index (χ1) is 15.0. The summed E-state index contributed by atoms with van der Waals surface area (Å²) in [4.78, 5) is 27.9. The van der Waals surface area contributed by atoms with Crippen LogP contribution in [-0.4, -0.2) is 25.5 Å². The number of anilines is 1. The van der Waals surface area contributed by atoms with Gasteiger partial charge < -0.3 is 14.6 Å². The highest BCUT2D eigenvalue weighted by atomic mass is 32.1. The van der Waals surface area contributed by atoms with Gasteiger partial charge in [-0.25, -0.2) is 4.79 Å². The first kappa shape index (κ1) is 21.1. The van der Waals surface area contributed by atoms with E-state index in [4.69, 9.17) is 4.42 Å². The maximum atomic E-state index is 12.7. The summed E-state index contributed by atoms with van der Waals surface area (Å²) in [5.41, 5.74) is 3.66. The Morgan fingerprint density at radius 2 is 1.87 bits per heavy atom. The van der Waals surface area contributed by atoms with Crippen LogP contribution in [0.25, 0.3) is 21.1 Å². The number of rotatable bonds is 7. The number of aryl methyl sites for hydroxylation is 2. The third kappa shape index (κ3) is 4.49. The van der Waals surface area contributed by atoms with Crippen LogP contribution in [0.1, 0.15) is 34.1 Å². The minimum absolute atomic E-state index is 0.153. The predicted octanol–water partition coefficient (Wildman–Crippen LogP) is 5.27. The normalized spacial score (nSPS) is 11.2. The Bertz CT molecular complexity index is 1310. The highest BCUT2D eigenvalue weighted by Crippen LogP contribution is 2.31. The Labute approximate surface area is 185 Å². The van der Waals surface area contributed by atoms with Gasteiger partial charge in [0.1, 0.15) is 5.58 Å². The topological polar surface area (TPSA) is 62.6 Å². The maximum Gasteiger partial charge on any atom is 0.345 e. The van der Waals surface area contributed by atoms with Crippen molar-refractivity contribution in [2.24, 2.45) is 0 Å². The summed E-state index contributed by atoms with van der Waals surface area (Å²) in [5, 5.41) is 4.33. The van der Waals surface area contributed by atoms with E-state index in [0.717, 1.165) is 35.2 Å². The lowest BCUT2D eigenvalue weighted by atomic mass is 10.1. The zero-order valence-corrected chi connectivity index (χ0v) is 18.8. The van der Waals surface area contributed by atoms with E-state index in [1.54, 1.807) is 12.1 Å². The lowest BCUT2D eigenvalue weighted by molar-refractivity contribution is 0.0957. The van der Waals surface area contributed by atoms with Crippen LogP contribution in [0.5, 0.6) is 0 Å². The van der Waals surface area contributed by atoms with Gasteiger partial charge in [-0.15, -0.1) is 11.3 Å². The van der Waals surface area contributed by atoms with Crippen LogP contribution >= 0.6 is 11.3 Å². The van der Waals surface area contributed by atoms with Crippen molar-refractivity contribution in [3.8, 4) is 0 Å². The molecule has 1 N–H and O–H groups in total. The second kappa shape index (κ2) is 8.94. The smallest absolute Gasteiger partial charge is 0.345 e. The average Bonchev–Trinajstić information content (AvgIpc) is 3.21. The van der Waals surface area contributed by atoms with Crippen LogP contribution in [-0.2, 0) is 0 Å². The molecule has 160 valence electrons. The number of carbonyl (C=O) groups is 1. The molecule has 6 heteroatoms. The molecule has 0 aliphatic rings. The van der Waals surface area contributed by atoms with Crippen LogP contribution in [0.2, 0.25) is 0 Å². The van der Waals surface area contributed by atoms with Gasteiger partial charge in [-0.1, -0.05) is 23.8 Å². The van der Waals surface area contributed by atoms with E-state index < -0.39 is 5.63 Å². The fraction of sp³-hybridized carbons (Fsp3) is 0.280. The van der Waals surface area contributed by atoms with Gasteiger partial charge >= 0.3 is 5.63 Å². The third-order valence-electron chi connectivity index (χ3n) is 5.40. The van der Waals surface area contributed by atoms with Crippen molar-refractivity contribution < 1.29 is 9.21 Å². The number of fused-ring (bicyclic) bond motifs is 3. The van der Waals surface area contributed by atoms with E-state index >= 15 is 0 Å². The number of amides is 1. The SMILES string of the molecule is CCN(CCCNC(=O)c1cc2c(=O)oc3ccc(C)cc3c2s1)c1cccc(C)c1. The molecule has 0 saturated carbocycles. The van der Waals surface area contributed by atoms with Crippen molar-refractivity contribution in [1.29, 1.82) is 0 Å². The summed E-state index contributed by atoms with van der Waals surface area (Å²) in [6.07, 6.45) is 0.836. The highest BCUT2D eigenvalue weighted by molar-refractivity contribution is 7.21. The van der Waals surface area contributed by atoms with E-state index in [-0.39, 0.29) is 5.91 Å². The molecular weight excluding hydrogens is 408 g/mol. The summed E-state index contributed by atoms with van der Waals surface area (Å²) in [5.74, 6) is -0.153. The number of hydrogen-bond acceptors (Lipinski definition) is 5. The molecule has 4 rings (SSSR count). The van der Waals surface area contributed by atoms with Gasteiger partial charge in [0.05, 0.1) is 15.0 Å². The Kier molecular flexibility index (Phi) is 6.09. The van der Waals surface area contributed by atoms with Crippen LogP contribution in [0.4, 0.5) is 5.69 Å². The number of thiophene rings is 1. The zero-order chi connectivity index (χ0) is 22.0. The summed E-state index contributed by atoms with van der Waals surface area (Å²) >= 11 is 1.34. The third-order valence-corrected chi connectivity index (χ3v) is 6.56. The predicted molar refractivity (Wildman–Crippen MR) is 129 cm³/mol. The second-order valence-corrected chi connectivity index (χ2v) is 8.82. The quantitative estimate of drug-likeness (QED) is 0.318. The Hall–Kier alpha value is -3.12. The molecular formula is C25H26N2O3S. The van der Waals surface area contributed by atoms with Gasteiger partial charge in [0, 0.05) is 30.7 Å². The van der Waals surface area contributed by atoms with Gasteiger partial charge in [-0.2, -0.15) is 0 Å². The molecule has 2 aromatic heterocycles. The molecule has 4 aromatic rings. The lowest BCUT2D eigenvalue weighted by Gasteiger charge is -2.23. The molecule has 0 bridgehead atoms. The fourth-order valence-corrected chi connectivity index (χ4v) is 4.86. The van der Waals surface area contributed by atoms with Gasteiger partial charge in [-0.3, -0.25) is 4.79 Å². The summed E-state index contributed by atoms with van der Waals surface area (Å²) in [7, 11) is 0. The average molecular weight is 435 g/mol. The number of nitrogens with one attached hydrogen (secondary N) is 1. The van der Waals surface area contributed by atoms with Gasteiger partial charge in [0.2, 0.25) is 0 Å². The van der Waals surface area contributed by atoms with Gasteiger partial charge in [0.25, 0.3) is 5.91 Å². The minimum atomic E-state index is -0.404. The molecule has 0 atom stereocenters. The largest absolute Gasteiger partial charge is 0.422 e. The van der Waals surface area contributed by atoms with Crippen LogP contribution in [0.15, 0.2) is 57.7 Å². The molecule has 0 radical (unpaired) electrons. The van der Waals surface area contributed by atoms with Crippen molar-refractivity contribution in [2.75, 3.05) is 24.5 Å². The molecule has 0 aliphatic heterocycles. The molecule has 2 aromatic carbocycles. The van der Waals surface area contributed by atoms with Crippen molar-refractivity contribution in [3.63, 3.8) is 0 Å². The first-order valence-corrected chi connectivity index (χ1v) is 11.3. The lowest BCUT2D eigenvalue weighted by Crippen LogP contribution is -2.29. The van der Waals surface area contributed by atoms with E-state index in [2.05, 4.69) is 48.3 Å². The fourth-order valence-electron chi connectivity index (χ4n) is 3.77. The van der Waals surface area contributed by atoms with Crippen molar-refractivity contribution >= 4 is 44.0 Å². The van der Waals surface area contributed by atoms with E-state index in [0.29, 0.717) is 22.4 Å². The van der Waals surface area contributed by atoms with Gasteiger partial charge in [-0.05, 0) is 63.1 Å². The summed E-state index contributed by atoms with van der Waals surface area (Å²) in [6, 6.07) is 15.8. The van der Waals surface area contributed by atoms with Crippen molar-refractivity contribution in [1.82, 2.24) is 5.32 Å². The van der Waals surface area contributed by atoms with Crippen LogP contribution < -0.4 is 15.8 Å². The molecule has 0 unspecified atom stereocenters. The molecule has 0 spiro atoms. The molecule has 5 nitrogen and oxygen atoms in total. The standard InChI is InChI=1S/C25H26N2O3S/c1-4-27(18-8-5-7-16(2)13-18)12-6-11-26-24(28)22-15-20-23(31-22)19-14-17(3)9-10-21(19)30-25(20)29/h5,7-10,13-15H,4,6,11-12H2,1-3H3,(H,26,28). The summed E-state index contributed by atoms with van der Waals surface area (Å²) < 4.78 is 6.23. The first-order valence-electron chi connectivity index (χ1n) is 10.5.